The largest absolute Gasteiger partial charge is 0.447 e. The molecule has 54 heavy (non-hydrogen) atoms. The molecule has 0 fully saturated rings. The van der Waals surface area contributed by atoms with Crippen LogP contribution in [0.1, 0.15) is 31.9 Å². The molecule has 14 nitrogen and oxygen atoms in total. The maximum Gasteiger partial charge on any atom is 0.407 e. The molecule has 298 valence electrons. The minimum absolute atomic E-state index is 0.00987. The Morgan fingerprint density at radius 1 is 0.759 bits per heavy atom. The molecule has 0 aliphatic carbocycles. The first-order chi connectivity index (χ1) is 26.1. The average Bonchev–Trinajstić information content (AvgIpc) is 3.15. The molecule has 2 aromatic carbocycles. The highest BCUT2D eigenvalue weighted by atomic mass is 16.6. The van der Waals surface area contributed by atoms with Gasteiger partial charge in [0.05, 0.1) is 77.3 Å². The molecular formula is C40H59N5O9. The number of ether oxygens (including phenoxy) is 6. The second kappa shape index (κ2) is 25.2. The minimum atomic E-state index is -1.03. The molecule has 1 heterocycles. The first-order valence-electron chi connectivity index (χ1n) is 18.3. The van der Waals surface area contributed by atoms with Gasteiger partial charge in [-0.2, -0.15) is 0 Å². The van der Waals surface area contributed by atoms with E-state index in [0.717, 1.165) is 22.4 Å². The molecule has 5 N–H and O–H groups in total. The van der Waals surface area contributed by atoms with Crippen LogP contribution in [0.2, 0.25) is 0 Å². The van der Waals surface area contributed by atoms with E-state index in [4.69, 9.17) is 34.3 Å². The van der Waals surface area contributed by atoms with Crippen molar-refractivity contribution in [3.63, 3.8) is 0 Å². The zero-order valence-electron chi connectivity index (χ0n) is 32.1. The number of carbonyl (C=O) groups is 2. The lowest BCUT2D eigenvalue weighted by Gasteiger charge is -2.33. The molecule has 2 amide bonds. The number of aromatic nitrogens is 1. The highest BCUT2D eigenvalue weighted by Crippen LogP contribution is 2.21. The molecule has 0 aliphatic heterocycles. The molecule has 14 heteroatoms. The van der Waals surface area contributed by atoms with Gasteiger partial charge in [-0.15, -0.1) is 0 Å². The number of nitrogens with zero attached hydrogens (tertiary/aromatic N) is 2. The van der Waals surface area contributed by atoms with Crippen LogP contribution in [0.15, 0.2) is 79.0 Å². The highest BCUT2D eigenvalue weighted by molar-refractivity contribution is 5.86. The molecule has 0 bridgehead atoms. The summed E-state index contributed by atoms with van der Waals surface area (Å²) in [6, 6.07) is 21.6. The number of nitrogens with one attached hydrogen (secondary N) is 2. The Kier molecular flexibility index (Phi) is 20.7. The number of aliphatic hydroxyl groups excluding tert-OH is 1. The third-order valence-corrected chi connectivity index (χ3v) is 8.21. The van der Waals surface area contributed by atoms with Gasteiger partial charge in [0.2, 0.25) is 5.91 Å². The van der Waals surface area contributed by atoms with Crippen LogP contribution >= 0.6 is 0 Å². The van der Waals surface area contributed by atoms with Crippen LogP contribution in [-0.2, 0) is 46.2 Å². The minimum Gasteiger partial charge on any atom is -0.447 e. The summed E-state index contributed by atoms with van der Waals surface area (Å²) in [5.74, 6) is 5.93. The van der Waals surface area contributed by atoms with Gasteiger partial charge in [0.15, 0.2) is 0 Å². The predicted octanol–water partition coefficient (Wildman–Crippen LogP) is 3.37. The van der Waals surface area contributed by atoms with Crippen LogP contribution in [0.4, 0.5) is 4.79 Å². The first kappa shape index (κ1) is 44.4. The van der Waals surface area contributed by atoms with Crippen molar-refractivity contribution in [2.24, 2.45) is 11.3 Å². The van der Waals surface area contributed by atoms with Gasteiger partial charge in [-0.1, -0.05) is 81.4 Å². The monoisotopic (exact) mass is 753 g/mol. The molecule has 0 radical (unpaired) electrons. The standard InChI is InChI=1S/C40H59N5O9/c1-40(2,3)37(44-39(48)54-27-26-53-25-24-52-23-22-51-21-20-50-19-18-49-4)38(47)43-35(28-31-10-6-5-7-11-31)36(46)30-45(41)29-32-13-15-33(16-14-32)34-12-8-9-17-42-34/h5-17,35-37,46H,18-30,41H2,1-4H3,(H,43,47)(H,44,48). The van der Waals surface area contributed by atoms with Gasteiger partial charge in [-0.25, -0.2) is 9.80 Å². The number of methoxy groups -OCH3 is 1. The van der Waals surface area contributed by atoms with Crippen LogP contribution in [0, 0.1) is 5.41 Å². The quantitative estimate of drug-likeness (QED) is 0.0536. The van der Waals surface area contributed by atoms with Crippen LogP contribution in [0.25, 0.3) is 11.3 Å². The van der Waals surface area contributed by atoms with E-state index in [-0.39, 0.29) is 19.8 Å². The summed E-state index contributed by atoms with van der Waals surface area (Å²) in [5, 5.41) is 18.6. The van der Waals surface area contributed by atoms with Crippen LogP contribution in [0.3, 0.4) is 0 Å². The maximum atomic E-state index is 13.8. The summed E-state index contributed by atoms with van der Waals surface area (Å²) in [6.07, 6.45) is 0.318. The van der Waals surface area contributed by atoms with Crippen molar-refractivity contribution in [3.8, 4) is 11.3 Å². The lowest BCUT2D eigenvalue weighted by molar-refractivity contribution is -0.127. The predicted molar refractivity (Wildman–Crippen MR) is 205 cm³/mol. The molecule has 0 spiro atoms. The van der Waals surface area contributed by atoms with E-state index in [0.29, 0.717) is 65.8 Å². The molecule has 1 aromatic heterocycles. The van der Waals surface area contributed by atoms with Gasteiger partial charge >= 0.3 is 6.09 Å². The molecule has 0 aliphatic rings. The fraction of sp³-hybridized carbons (Fsp3) is 0.525. The third kappa shape index (κ3) is 17.9. The summed E-state index contributed by atoms with van der Waals surface area (Å²) in [6.45, 7) is 9.75. The smallest absolute Gasteiger partial charge is 0.407 e. The zero-order valence-corrected chi connectivity index (χ0v) is 32.1. The second-order valence-corrected chi connectivity index (χ2v) is 13.7. The topological polar surface area (TPSA) is 176 Å². The molecule has 3 rings (SSSR count). The Morgan fingerprint density at radius 3 is 1.89 bits per heavy atom. The number of pyridine rings is 1. The Labute approximate surface area is 319 Å². The van der Waals surface area contributed by atoms with Gasteiger partial charge in [-0.3, -0.25) is 15.6 Å². The Morgan fingerprint density at radius 2 is 1.33 bits per heavy atom. The number of carbonyl (C=O) groups excluding carboxylic acids is 2. The molecule has 3 atom stereocenters. The van der Waals surface area contributed by atoms with E-state index in [1.165, 1.54) is 5.01 Å². The van der Waals surface area contributed by atoms with Crippen molar-refractivity contribution < 1.29 is 43.1 Å². The van der Waals surface area contributed by atoms with Gasteiger partial charge in [-0.05, 0) is 35.1 Å². The lowest BCUT2D eigenvalue weighted by atomic mass is 9.85. The van der Waals surface area contributed by atoms with Crippen molar-refractivity contribution in [2.45, 2.75) is 51.9 Å². The number of amides is 2. The second-order valence-electron chi connectivity index (χ2n) is 13.7. The van der Waals surface area contributed by atoms with Gasteiger partial charge in [0, 0.05) is 32.0 Å². The van der Waals surface area contributed by atoms with E-state index >= 15 is 0 Å². The number of benzene rings is 2. The van der Waals surface area contributed by atoms with Gasteiger partial charge < -0.3 is 44.2 Å². The van der Waals surface area contributed by atoms with Crippen LogP contribution in [0.5, 0.6) is 0 Å². The van der Waals surface area contributed by atoms with Crippen LogP contribution in [-0.4, -0.2) is 125 Å². The normalized spacial score (nSPS) is 13.3. The molecule has 0 saturated carbocycles. The van der Waals surface area contributed by atoms with E-state index in [1.54, 1.807) is 13.3 Å². The van der Waals surface area contributed by atoms with E-state index < -0.39 is 35.6 Å². The Balaban J connectivity index is 1.45. The van der Waals surface area contributed by atoms with E-state index in [2.05, 4.69) is 15.6 Å². The third-order valence-electron chi connectivity index (χ3n) is 8.21. The van der Waals surface area contributed by atoms with E-state index in [9.17, 15) is 14.7 Å². The Hall–Kier alpha value is -3.99. The van der Waals surface area contributed by atoms with Crippen molar-refractivity contribution in [3.05, 3.63) is 90.1 Å². The summed E-state index contributed by atoms with van der Waals surface area (Å²) in [5.41, 5.74) is 3.07. The number of hydrogen-bond acceptors (Lipinski definition) is 12. The molecule has 3 aromatic rings. The zero-order chi connectivity index (χ0) is 39.0. The number of aliphatic hydroxyl groups is 1. The van der Waals surface area contributed by atoms with Gasteiger partial charge in [0.1, 0.15) is 12.6 Å². The van der Waals surface area contributed by atoms with E-state index in [1.807, 2.05) is 93.6 Å². The van der Waals surface area contributed by atoms with Crippen molar-refractivity contribution in [2.75, 3.05) is 79.7 Å². The molecule has 3 unspecified atom stereocenters. The number of rotatable bonds is 26. The number of nitrogens with two attached hydrogens (primary N) is 1. The average molecular weight is 754 g/mol. The number of alkyl carbamates (subject to hydrolysis) is 1. The fourth-order valence-electron chi connectivity index (χ4n) is 5.33. The highest BCUT2D eigenvalue weighted by Gasteiger charge is 2.35. The SMILES string of the molecule is COCCOCCOCCOCCOCCOC(=O)NC(C(=O)NC(Cc1ccccc1)C(O)CN(N)Cc1ccc(-c2ccccn2)cc1)C(C)(C)C. The summed E-state index contributed by atoms with van der Waals surface area (Å²) >= 11 is 0. The fourth-order valence-corrected chi connectivity index (χ4v) is 5.33. The number of hydrogen-bond donors (Lipinski definition) is 4. The summed E-state index contributed by atoms with van der Waals surface area (Å²) < 4.78 is 31.9. The Bertz CT molecular complexity index is 1450. The van der Waals surface area contributed by atoms with Crippen LogP contribution < -0.4 is 16.5 Å². The lowest BCUT2D eigenvalue weighted by Crippen LogP contribution is -2.59. The van der Waals surface area contributed by atoms with Crippen molar-refractivity contribution in [1.82, 2.24) is 20.6 Å². The van der Waals surface area contributed by atoms with Gasteiger partial charge in [0.25, 0.3) is 0 Å². The van der Waals surface area contributed by atoms with Crippen molar-refractivity contribution >= 4 is 12.0 Å². The maximum absolute atomic E-state index is 13.8. The summed E-state index contributed by atoms with van der Waals surface area (Å²) in [4.78, 5) is 30.9. The molecule has 0 saturated heterocycles. The molecular weight excluding hydrogens is 694 g/mol. The summed E-state index contributed by atoms with van der Waals surface area (Å²) in [7, 11) is 1.62. The first-order valence-corrected chi connectivity index (χ1v) is 18.3. The number of hydrazine groups is 1. The van der Waals surface area contributed by atoms with Crippen molar-refractivity contribution in [1.29, 1.82) is 0 Å².